The number of amides is 1. The SMILES string of the molecule is CC(=O)N1[C@@H](c2ccco2)SC[C@H]1C(=O)OCC(=O)c1cccs1. The first-order chi connectivity index (χ1) is 11.6. The molecule has 1 aliphatic rings. The lowest BCUT2D eigenvalue weighted by molar-refractivity contribution is -0.152. The number of ketones is 1. The van der Waals surface area contributed by atoms with Crippen molar-refractivity contribution in [2.75, 3.05) is 12.4 Å². The molecular weight excluding hydrogens is 350 g/mol. The Kier molecular flexibility index (Phi) is 5.06. The second-order valence-electron chi connectivity index (χ2n) is 5.15. The van der Waals surface area contributed by atoms with Crippen molar-refractivity contribution in [3.63, 3.8) is 0 Å². The van der Waals surface area contributed by atoms with Gasteiger partial charge in [0.05, 0.1) is 11.1 Å². The smallest absolute Gasteiger partial charge is 0.330 e. The van der Waals surface area contributed by atoms with Gasteiger partial charge in [-0.1, -0.05) is 6.07 Å². The van der Waals surface area contributed by atoms with E-state index in [-0.39, 0.29) is 23.7 Å². The van der Waals surface area contributed by atoms with Crippen molar-refractivity contribution in [2.45, 2.75) is 18.3 Å². The molecular formula is C16H15NO5S2. The van der Waals surface area contributed by atoms with E-state index in [0.717, 1.165) is 0 Å². The first-order valence-electron chi connectivity index (χ1n) is 7.25. The number of carbonyl (C=O) groups excluding carboxylic acids is 3. The van der Waals surface area contributed by atoms with Gasteiger partial charge >= 0.3 is 5.97 Å². The van der Waals surface area contributed by atoms with Crippen molar-refractivity contribution in [2.24, 2.45) is 0 Å². The Bertz CT molecular complexity index is 726. The van der Waals surface area contributed by atoms with Crippen LogP contribution in [0.25, 0.3) is 0 Å². The summed E-state index contributed by atoms with van der Waals surface area (Å²) in [4.78, 5) is 38.2. The van der Waals surface area contributed by atoms with Crippen LogP contribution in [-0.4, -0.2) is 41.0 Å². The Hall–Kier alpha value is -2.06. The Balaban J connectivity index is 1.65. The largest absolute Gasteiger partial charge is 0.466 e. The first-order valence-corrected chi connectivity index (χ1v) is 9.18. The Morgan fingerprint density at radius 2 is 2.17 bits per heavy atom. The molecule has 0 saturated carbocycles. The Labute approximate surface area is 146 Å². The van der Waals surface area contributed by atoms with E-state index in [1.54, 1.807) is 29.6 Å². The van der Waals surface area contributed by atoms with Crippen LogP contribution >= 0.6 is 23.1 Å². The summed E-state index contributed by atoms with van der Waals surface area (Å²) >= 11 is 2.73. The van der Waals surface area contributed by atoms with Gasteiger partial charge in [-0.05, 0) is 23.6 Å². The maximum absolute atomic E-state index is 12.3. The molecule has 8 heteroatoms. The number of rotatable bonds is 5. The number of thiophene rings is 1. The third-order valence-corrected chi connectivity index (χ3v) is 5.76. The topological polar surface area (TPSA) is 76.8 Å². The molecule has 3 heterocycles. The molecule has 1 fully saturated rings. The maximum Gasteiger partial charge on any atom is 0.330 e. The fraction of sp³-hybridized carbons (Fsp3) is 0.312. The molecule has 0 aromatic carbocycles. The van der Waals surface area contributed by atoms with Crippen molar-refractivity contribution in [1.29, 1.82) is 0 Å². The number of esters is 1. The second-order valence-corrected chi connectivity index (χ2v) is 7.21. The zero-order valence-corrected chi connectivity index (χ0v) is 14.5. The van der Waals surface area contributed by atoms with Crippen LogP contribution in [0.1, 0.15) is 27.7 Å². The van der Waals surface area contributed by atoms with E-state index in [0.29, 0.717) is 16.4 Å². The van der Waals surface area contributed by atoms with E-state index in [1.807, 2.05) is 0 Å². The predicted molar refractivity (Wildman–Crippen MR) is 89.8 cm³/mol. The highest BCUT2D eigenvalue weighted by atomic mass is 32.2. The van der Waals surface area contributed by atoms with Crippen LogP contribution in [-0.2, 0) is 14.3 Å². The summed E-state index contributed by atoms with van der Waals surface area (Å²) in [5.74, 6) is -0.0533. The molecule has 0 N–H and O–H groups in total. The normalized spacial score (nSPS) is 20.1. The zero-order chi connectivity index (χ0) is 17.1. The van der Waals surface area contributed by atoms with Crippen LogP contribution in [0, 0.1) is 0 Å². The Morgan fingerprint density at radius 1 is 1.33 bits per heavy atom. The van der Waals surface area contributed by atoms with Crippen LogP contribution in [0.4, 0.5) is 0 Å². The van der Waals surface area contributed by atoms with Crippen molar-refractivity contribution in [3.8, 4) is 0 Å². The molecule has 3 rings (SSSR count). The second kappa shape index (κ2) is 7.23. The van der Waals surface area contributed by atoms with E-state index < -0.39 is 12.0 Å². The van der Waals surface area contributed by atoms with Gasteiger partial charge in [-0.25, -0.2) is 4.79 Å². The number of furan rings is 1. The molecule has 2 atom stereocenters. The van der Waals surface area contributed by atoms with Crippen molar-refractivity contribution >= 4 is 40.8 Å². The number of hydrogen-bond donors (Lipinski definition) is 0. The number of carbonyl (C=O) groups is 3. The lowest BCUT2D eigenvalue weighted by Crippen LogP contribution is -2.43. The van der Waals surface area contributed by atoms with Gasteiger partial charge in [0, 0.05) is 12.7 Å². The lowest BCUT2D eigenvalue weighted by Gasteiger charge is -2.25. The molecule has 24 heavy (non-hydrogen) atoms. The molecule has 0 aliphatic carbocycles. The standard InChI is InChI=1S/C16H15NO5S2/c1-10(18)17-11(9-24-15(17)13-4-2-6-21-13)16(20)22-8-12(19)14-5-3-7-23-14/h2-7,11,15H,8-9H2,1H3/t11-,15+/m0/s1. The van der Waals surface area contributed by atoms with E-state index in [1.165, 1.54) is 41.2 Å². The zero-order valence-electron chi connectivity index (χ0n) is 12.8. The molecule has 2 aromatic rings. The number of nitrogens with zero attached hydrogens (tertiary/aromatic N) is 1. The fourth-order valence-corrected chi connectivity index (χ4v) is 4.53. The summed E-state index contributed by atoms with van der Waals surface area (Å²) in [6, 6.07) is 6.22. The third-order valence-electron chi connectivity index (χ3n) is 3.56. The molecule has 1 saturated heterocycles. The van der Waals surface area contributed by atoms with Gasteiger partial charge in [-0.3, -0.25) is 9.59 Å². The van der Waals surface area contributed by atoms with Crippen molar-refractivity contribution in [1.82, 2.24) is 4.90 Å². The average Bonchev–Trinajstić information content (AvgIpc) is 3.32. The van der Waals surface area contributed by atoms with Gasteiger partial charge in [-0.15, -0.1) is 23.1 Å². The van der Waals surface area contributed by atoms with Gasteiger partial charge in [0.15, 0.2) is 6.61 Å². The van der Waals surface area contributed by atoms with Gasteiger partial charge in [0.1, 0.15) is 17.2 Å². The fourth-order valence-electron chi connectivity index (χ4n) is 2.46. The minimum atomic E-state index is -0.723. The first kappa shape index (κ1) is 16.8. The van der Waals surface area contributed by atoms with Gasteiger partial charge in [0.25, 0.3) is 0 Å². The molecule has 1 amide bonds. The summed E-state index contributed by atoms with van der Waals surface area (Å²) < 4.78 is 10.5. The number of hydrogen-bond acceptors (Lipinski definition) is 7. The quantitative estimate of drug-likeness (QED) is 0.599. The summed E-state index contributed by atoms with van der Waals surface area (Å²) in [5.41, 5.74) is 0. The highest BCUT2D eigenvalue weighted by Crippen LogP contribution is 2.41. The maximum atomic E-state index is 12.3. The monoisotopic (exact) mass is 365 g/mol. The highest BCUT2D eigenvalue weighted by Gasteiger charge is 2.43. The van der Waals surface area contributed by atoms with Crippen LogP contribution < -0.4 is 0 Å². The average molecular weight is 365 g/mol. The number of Topliss-reactive ketones (excluding diaryl/α,β-unsaturated/α-hetero) is 1. The summed E-state index contributed by atoms with van der Waals surface area (Å²) in [7, 11) is 0. The Morgan fingerprint density at radius 3 is 2.79 bits per heavy atom. The molecule has 0 radical (unpaired) electrons. The van der Waals surface area contributed by atoms with E-state index in [9.17, 15) is 14.4 Å². The van der Waals surface area contributed by atoms with Gasteiger partial charge in [-0.2, -0.15) is 0 Å². The summed E-state index contributed by atoms with van der Waals surface area (Å²) in [6.45, 7) is 1.08. The minimum Gasteiger partial charge on any atom is -0.466 e. The third kappa shape index (κ3) is 3.39. The molecule has 1 aliphatic heterocycles. The number of thioether (sulfide) groups is 1. The van der Waals surface area contributed by atoms with Crippen LogP contribution in [0.5, 0.6) is 0 Å². The van der Waals surface area contributed by atoms with E-state index in [4.69, 9.17) is 9.15 Å². The molecule has 6 nitrogen and oxygen atoms in total. The van der Waals surface area contributed by atoms with Crippen molar-refractivity contribution < 1.29 is 23.5 Å². The van der Waals surface area contributed by atoms with Gasteiger partial charge < -0.3 is 14.1 Å². The molecule has 0 unspecified atom stereocenters. The van der Waals surface area contributed by atoms with Crippen molar-refractivity contribution in [3.05, 3.63) is 46.5 Å². The van der Waals surface area contributed by atoms with Gasteiger partial charge in [0.2, 0.25) is 11.7 Å². The van der Waals surface area contributed by atoms with Crippen LogP contribution in [0.15, 0.2) is 40.3 Å². The molecule has 2 aromatic heterocycles. The molecule has 0 bridgehead atoms. The van der Waals surface area contributed by atoms with Crippen LogP contribution in [0.3, 0.4) is 0 Å². The van der Waals surface area contributed by atoms with E-state index >= 15 is 0 Å². The summed E-state index contributed by atoms with van der Waals surface area (Å²) in [5, 5.41) is 1.43. The molecule has 0 spiro atoms. The minimum absolute atomic E-state index is 0.243. The van der Waals surface area contributed by atoms with Crippen LogP contribution in [0.2, 0.25) is 0 Å². The van der Waals surface area contributed by atoms with E-state index in [2.05, 4.69) is 0 Å². The number of ether oxygens (including phenoxy) is 1. The predicted octanol–water partition coefficient (Wildman–Crippen LogP) is 2.73. The summed E-state index contributed by atoms with van der Waals surface area (Å²) in [6.07, 6.45) is 1.53. The lowest BCUT2D eigenvalue weighted by atomic mass is 10.2. The molecule has 126 valence electrons. The highest BCUT2D eigenvalue weighted by molar-refractivity contribution is 7.99.